The van der Waals surface area contributed by atoms with E-state index in [1.807, 2.05) is 29.5 Å². The molecule has 0 spiro atoms. The van der Waals surface area contributed by atoms with Crippen LogP contribution in [-0.2, 0) is 13.6 Å². The maximum Gasteiger partial charge on any atom is 0.472 e. The van der Waals surface area contributed by atoms with Gasteiger partial charge in [-0.1, -0.05) is 35.9 Å². The van der Waals surface area contributed by atoms with Gasteiger partial charge in [0, 0.05) is 0 Å². The number of halogens is 1. The number of phosphoric acid groups is 1. The number of rotatable bonds is 6. The van der Waals surface area contributed by atoms with Gasteiger partial charge in [0.1, 0.15) is 4.61 Å². The molecule has 68 valence electrons. The number of unbranched alkanes of at least 4 members (excludes halogenated alkanes) is 1. The summed E-state index contributed by atoms with van der Waals surface area (Å²) in [5.74, 6) is 0. The van der Waals surface area contributed by atoms with Crippen LogP contribution in [0.2, 0.25) is 0 Å². The minimum absolute atomic E-state index is 0.164. The van der Waals surface area contributed by atoms with Crippen molar-refractivity contribution in [3.8, 4) is 0 Å². The molecule has 0 heterocycles. The normalized spacial score (nSPS) is 16.3. The van der Waals surface area contributed by atoms with Crippen LogP contribution in [0.25, 0.3) is 0 Å². The summed E-state index contributed by atoms with van der Waals surface area (Å²) in [4.78, 5) is 8.85. The van der Waals surface area contributed by atoms with E-state index in [-0.39, 0.29) is 11.2 Å². The Balaban J connectivity index is 3.47. The van der Waals surface area contributed by atoms with E-state index in [2.05, 4.69) is 9.05 Å². The predicted molar refractivity (Wildman–Crippen MR) is 50.7 cm³/mol. The second-order valence-corrected chi connectivity index (χ2v) is 3.97. The van der Waals surface area contributed by atoms with Crippen molar-refractivity contribution in [3.63, 3.8) is 0 Å². The first-order chi connectivity index (χ1) is 5.12. The summed E-state index contributed by atoms with van der Waals surface area (Å²) in [6.45, 7) is 2.26. The molecule has 6 heteroatoms. The molecule has 0 saturated carbocycles. The summed E-state index contributed by atoms with van der Waals surface area (Å²) >= 11 is 1.84. The van der Waals surface area contributed by atoms with Crippen LogP contribution >= 0.6 is 30.4 Å². The molecule has 0 aromatic heterocycles. The zero-order valence-corrected chi connectivity index (χ0v) is 9.38. The standard InChI is InChI=1S/C5H12IO4P/c1-2-3-4-9-11(7,8)10-5-6/h2-5H2,1H3,(H,7,8). The topological polar surface area (TPSA) is 55.8 Å². The molecular formula is C5H12IO4P. The molecule has 0 saturated heterocycles. The van der Waals surface area contributed by atoms with Gasteiger partial charge < -0.3 is 4.89 Å². The van der Waals surface area contributed by atoms with Gasteiger partial charge >= 0.3 is 7.82 Å². The maximum absolute atomic E-state index is 10.8. The number of hydrogen-bond acceptors (Lipinski definition) is 3. The average Bonchev–Trinajstić information content (AvgIpc) is 1.87. The van der Waals surface area contributed by atoms with E-state index in [4.69, 9.17) is 4.89 Å². The predicted octanol–water partition coefficient (Wildman–Crippen LogP) is 2.31. The lowest BCUT2D eigenvalue weighted by molar-refractivity contribution is 0.169. The van der Waals surface area contributed by atoms with Gasteiger partial charge in [0.25, 0.3) is 0 Å². The molecule has 0 aromatic rings. The Labute approximate surface area is 80.0 Å². The molecule has 0 bridgehead atoms. The van der Waals surface area contributed by atoms with Gasteiger partial charge in [0.05, 0.1) is 6.61 Å². The van der Waals surface area contributed by atoms with Crippen molar-refractivity contribution in [1.82, 2.24) is 0 Å². The van der Waals surface area contributed by atoms with Crippen molar-refractivity contribution in [3.05, 3.63) is 0 Å². The van der Waals surface area contributed by atoms with Gasteiger partial charge in [-0.25, -0.2) is 4.57 Å². The van der Waals surface area contributed by atoms with E-state index in [9.17, 15) is 4.57 Å². The summed E-state index contributed by atoms with van der Waals surface area (Å²) < 4.78 is 20.0. The van der Waals surface area contributed by atoms with Gasteiger partial charge in [-0.05, 0) is 6.42 Å². The van der Waals surface area contributed by atoms with Crippen LogP contribution in [0.5, 0.6) is 0 Å². The zero-order chi connectivity index (χ0) is 8.74. The highest BCUT2D eigenvalue weighted by atomic mass is 127. The SMILES string of the molecule is CCCCOP(=O)(O)OCI. The first-order valence-corrected chi connectivity index (χ1v) is 6.32. The summed E-state index contributed by atoms with van der Waals surface area (Å²) in [5, 5.41) is 0. The third-order valence-corrected chi connectivity index (χ3v) is 2.73. The molecule has 0 radical (unpaired) electrons. The van der Waals surface area contributed by atoms with E-state index < -0.39 is 7.82 Å². The maximum atomic E-state index is 10.8. The monoisotopic (exact) mass is 294 g/mol. The van der Waals surface area contributed by atoms with Crippen LogP contribution in [0, 0.1) is 0 Å². The summed E-state index contributed by atoms with van der Waals surface area (Å²) in [7, 11) is -3.73. The molecule has 0 aliphatic rings. The molecule has 1 N–H and O–H groups in total. The molecule has 1 unspecified atom stereocenters. The third kappa shape index (κ3) is 7.21. The molecule has 1 atom stereocenters. The smallest absolute Gasteiger partial charge is 0.302 e. The van der Waals surface area contributed by atoms with Crippen molar-refractivity contribution in [2.24, 2.45) is 0 Å². The van der Waals surface area contributed by atoms with Gasteiger partial charge in [0.2, 0.25) is 0 Å². The quantitative estimate of drug-likeness (QED) is 0.353. The summed E-state index contributed by atoms with van der Waals surface area (Å²) in [6.07, 6.45) is 1.71. The molecule has 0 rings (SSSR count). The average molecular weight is 294 g/mol. The lowest BCUT2D eigenvalue weighted by atomic mass is 10.4. The minimum Gasteiger partial charge on any atom is -0.302 e. The molecular weight excluding hydrogens is 282 g/mol. The van der Waals surface area contributed by atoms with E-state index >= 15 is 0 Å². The molecule has 11 heavy (non-hydrogen) atoms. The number of phosphoric ester groups is 1. The highest BCUT2D eigenvalue weighted by Crippen LogP contribution is 2.43. The number of alkyl halides is 1. The van der Waals surface area contributed by atoms with Crippen molar-refractivity contribution >= 4 is 30.4 Å². The summed E-state index contributed by atoms with van der Waals surface area (Å²) in [5.41, 5.74) is 0. The Morgan fingerprint density at radius 1 is 1.55 bits per heavy atom. The molecule has 0 fully saturated rings. The van der Waals surface area contributed by atoms with E-state index in [1.54, 1.807) is 0 Å². The fourth-order valence-corrected chi connectivity index (χ4v) is 2.04. The fraction of sp³-hybridized carbons (Fsp3) is 1.00. The van der Waals surface area contributed by atoms with Gasteiger partial charge in [0.15, 0.2) is 0 Å². The molecule has 0 aliphatic carbocycles. The number of hydrogen-bond donors (Lipinski definition) is 1. The molecule has 0 amide bonds. The highest BCUT2D eigenvalue weighted by Gasteiger charge is 2.18. The highest BCUT2D eigenvalue weighted by molar-refractivity contribution is 14.1. The van der Waals surface area contributed by atoms with Crippen LogP contribution in [0.15, 0.2) is 0 Å². The van der Waals surface area contributed by atoms with Crippen LogP contribution < -0.4 is 0 Å². The van der Waals surface area contributed by atoms with Gasteiger partial charge in [-0.3, -0.25) is 9.05 Å². The van der Waals surface area contributed by atoms with E-state index in [0.717, 1.165) is 12.8 Å². The fourth-order valence-electron chi connectivity index (χ4n) is 0.423. The molecule has 0 aliphatic heterocycles. The Bertz CT molecular complexity index is 140. The van der Waals surface area contributed by atoms with Crippen molar-refractivity contribution in [2.75, 3.05) is 11.2 Å². The summed E-state index contributed by atoms with van der Waals surface area (Å²) in [6, 6.07) is 0. The largest absolute Gasteiger partial charge is 0.472 e. The Hall–Kier alpha value is 0.840. The third-order valence-electron chi connectivity index (χ3n) is 0.964. The van der Waals surface area contributed by atoms with Gasteiger partial charge in [-0.15, -0.1) is 0 Å². The Morgan fingerprint density at radius 3 is 2.64 bits per heavy atom. The zero-order valence-electron chi connectivity index (χ0n) is 6.33. The van der Waals surface area contributed by atoms with Crippen molar-refractivity contribution in [2.45, 2.75) is 19.8 Å². The van der Waals surface area contributed by atoms with Crippen LogP contribution in [0.4, 0.5) is 0 Å². The van der Waals surface area contributed by atoms with Crippen LogP contribution in [0.3, 0.4) is 0 Å². The van der Waals surface area contributed by atoms with E-state index in [0.29, 0.717) is 0 Å². The van der Waals surface area contributed by atoms with Crippen molar-refractivity contribution in [1.29, 1.82) is 0 Å². The van der Waals surface area contributed by atoms with Crippen molar-refractivity contribution < 1.29 is 18.5 Å². The first-order valence-electron chi connectivity index (χ1n) is 3.30. The molecule has 0 aromatic carbocycles. The second-order valence-electron chi connectivity index (χ2n) is 1.89. The van der Waals surface area contributed by atoms with Crippen LogP contribution in [0.1, 0.15) is 19.8 Å². The Morgan fingerprint density at radius 2 is 2.18 bits per heavy atom. The van der Waals surface area contributed by atoms with Gasteiger partial charge in [-0.2, -0.15) is 0 Å². The Kier molecular flexibility index (Phi) is 6.85. The van der Waals surface area contributed by atoms with Crippen LogP contribution in [-0.4, -0.2) is 16.1 Å². The lowest BCUT2D eigenvalue weighted by Gasteiger charge is -2.08. The first kappa shape index (κ1) is 11.8. The second kappa shape index (κ2) is 6.37. The lowest BCUT2D eigenvalue weighted by Crippen LogP contribution is -1.95. The van der Waals surface area contributed by atoms with E-state index in [1.165, 1.54) is 0 Å². The minimum atomic E-state index is -3.73. The molecule has 4 nitrogen and oxygen atoms in total.